The summed E-state index contributed by atoms with van der Waals surface area (Å²) in [6.07, 6.45) is 4.42. The van der Waals surface area contributed by atoms with Gasteiger partial charge in [-0.05, 0) is 52.9 Å². The molecule has 19 heavy (non-hydrogen) atoms. The molecule has 1 unspecified atom stereocenters. The lowest BCUT2D eigenvalue weighted by atomic mass is 9.94. The van der Waals surface area contributed by atoms with Crippen LogP contribution >= 0.6 is 24.8 Å². The maximum atomic E-state index is 12.4. The molecule has 4 nitrogen and oxygen atoms in total. The van der Waals surface area contributed by atoms with Gasteiger partial charge in [-0.3, -0.25) is 4.79 Å². The molecule has 2 aliphatic heterocycles. The molecule has 1 atom stereocenters. The molecule has 1 amide bonds. The maximum absolute atomic E-state index is 12.4. The van der Waals surface area contributed by atoms with Gasteiger partial charge in [0.1, 0.15) is 0 Å². The number of nitrogens with zero attached hydrogens (tertiary/aromatic N) is 2. The molecule has 0 aromatic carbocycles. The average Bonchev–Trinajstić information content (AvgIpc) is 2.39. The first kappa shape index (κ1) is 19.0. The lowest BCUT2D eigenvalue weighted by Gasteiger charge is -2.37. The Kier molecular flexibility index (Phi) is 8.99. The molecular weight excluding hydrogens is 285 g/mol. The zero-order valence-corrected chi connectivity index (χ0v) is 13.6. The lowest BCUT2D eigenvalue weighted by Crippen LogP contribution is -2.50. The summed E-state index contributed by atoms with van der Waals surface area (Å²) in [5, 5.41) is 3.30. The molecular formula is C13H27Cl2N3O. The van der Waals surface area contributed by atoms with E-state index in [9.17, 15) is 4.79 Å². The van der Waals surface area contributed by atoms with E-state index in [-0.39, 0.29) is 30.7 Å². The van der Waals surface area contributed by atoms with Gasteiger partial charge in [-0.2, -0.15) is 0 Å². The number of hydrogen-bond acceptors (Lipinski definition) is 3. The molecule has 2 aliphatic rings. The zero-order valence-electron chi connectivity index (χ0n) is 11.9. The van der Waals surface area contributed by atoms with Gasteiger partial charge >= 0.3 is 0 Å². The van der Waals surface area contributed by atoms with Crippen molar-refractivity contribution < 1.29 is 4.79 Å². The summed E-state index contributed by atoms with van der Waals surface area (Å²) in [4.78, 5) is 16.8. The normalized spacial score (nSPS) is 25.4. The van der Waals surface area contributed by atoms with Crippen molar-refractivity contribution in [2.75, 3.05) is 40.3 Å². The highest BCUT2D eigenvalue weighted by molar-refractivity contribution is 5.85. The molecule has 114 valence electrons. The molecule has 0 aromatic rings. The third-order valence-corrected chi connectivity index (χ3v) is 4.21. The molecule has 6 heteroatoms. The van der Waals surface area contributed by atoms with Gasteiger partial charge in [0.25, 0.3) is 0 Å². The number of carbonyl (C=O) groups excluding carboxylic acids is 1. The fourth-order valence-electron chi connectivity index (χ4n) is 2.93. The predicted molar refractivity (Wildman–Crippen MR) is 83.4 cm³/mol. The minimum absolute atomic E-state index is 0. The van der Waals surface area contributed by atoms with E-state index in [2.05, 4.69) is 22.2 Å². The molecule has 2 fully saturated rings. The molecule has 0 aliphatic carbocycles. The second kappa shape index (κ2) is 9.01. The Balaban J connectivity index is 0.00000162. The van der Waals surface area contributed by atoms with E-state index in [1.807, 2.05) is 7.05 Å². The van der Waals surface area contributed by atoms with Crippen LogP contribution in [0.1, 0.15) is 25.7 Å². The molecule has 0 bridgehead atoms. The Bertz CT molecular complexity index is 271. The average molecular weight is 312 g/mol. The van der Waals surface area contributed by atoms with Crippen LogP contribution in [-0.4, -0.2) is 62.0 Å². The number of likely N-dealkylation sites (tertiary alicyclic amines) is 2. The van der Waals surface area contributed by atoms with Crippen LogP contribution in [0.25, 0.3) is 0 Å². The monoisotopic (exact) mass is 311 g/mol. The van der Waals surface area contributed by atoms with E-state index in [1.165, 1.54) is 6.42 Å². The van der Waals surface area contributed by atoms with E-state index in [0.29, 0.717) is 11.9 Å². The van der Waals surface area contributed by atoms with Gasteiger partial charge in [-0.1, -0.05) is 0 Å². The molecule has 2 rings (SSSR count). The summed E-state index contributed by atoms with van der Waals surface area (Å²) in [6.45, 7) is 4.00. The molecule has 0 radical (unpaired) electrons. The Morgan fingerprint density at radius 3 is 2.32 bits per heavy atom. The Morgan fingerprint density at radius 1 is 1.11 bits per heavy atom. The highest BCUT2D eigenvalue weighted by atomic mass is 35.5. The van der Waals surface area contributed by atoms with Gasteiger partial charge in [0.2, 0.25) is 5.91 Å². The van der Waals surface area contributed by atoms with Crippen molar-refractivity contribution in [2.24, 2.45) is 5.92 Å². The third kappa shape index (κ3) is 5.10. The smallest absolute Gasteiger partial charge is 0.225 e. The second-order valence-electron chi connectivity index (χ2n) is 5.49. The molecule has 0 spiro atoms. The van der Waals surface area contributed by atoms with Gasteiger partial charge in [0.15, 0.2) is 0 Å². The quantitative estimate of drug-likeness (QED) is 0.837. The van der Waals surface area contributed by atoms with Crippen molar-refractivity contribution in [2.45, 2.75) is 31.7 Å². The Hall–Kier alpha value is -0.0300. The van der Waals surface area contributed by atoms with Crippen LogP contribution in [-0.2, 0) is 4.79 Å². The third-order valence-electron chi connectivity index (χ3n) is 4.21. The number of carbonyl (C=O) groups is 1. The Morgan fingerprint density at radius 2 is 1.74 bits per heavy atom. The van der Waals surface area contributed by atoms with Gasteiger partial charge < -0.3 is 15.1 Å². The van der Waals surface area contributed by atoms with E-state index in [0.717, 1.165) is 45.4 Å². The fraction of sp³-hybridized carbons (Fsp3) is 0.923. The van der Waals surface area contributed by atoms with Crippen LogP contribution in [0, 0.1) is 5.92 Å². The lowest BCUT2D eigenvalue weighted by molar-refractivity contribution is -0.138. The van der Waals surface area contributed by atoms with Gasteiger partial charge in [-0.25, -0.2) is 0 Å². The Labute approximate surface area is 129 Å². The van der Waals surface area contributed by atoms with Gasteiger partial charge in [0.05, 0.1) is 0 Å². The largest absolute Gasteiger partial charge is 0.341 e. The van der Waals surface area contributed by atoms with E-state index < -0.39 is 0 Å². The summed E-state index contributed by atoms with van der Waals surface area (Å²) in [6, 6.07) is 0.499. The van der Waals surface area contributed by atoms with Crippen LogP contribution in [0.4, 0.5) is 0 Å². The van der Waals surface area contributed by atoms with Crippen LogP contribution in [0.15, 0.2) is 0 Å². The molecule has 0 aromatic heterocycles. The second-order valence-corrected chi connectivity index (χ2v) is 5.49. The van der Waals surface area contributed by atoms with E-state index in [4.69, 9.17) is 0 Å². The van der Waals surface area contributed by atoms with Crippen molar-refractivity contribution in [3.05, 3.63) is 0 Å². The van der Waals surface area contributed by atoms with Gasteiger partial charge in [0, 0.05) is 25.0 Å². The summed E-state index contributed by atoms with van der Waals surface area (Å²) >= 11 is 0. The van der Waals surface area contributed by atoms with Crippen LogP contribution in [0.5, 0.6) is 0 Å². The number of nitrogens with one attached hydrogen (secondary N) is 1. The number of piperidine rings is 2. The van der Waals surface area contributed by atoms with Crippen LogP contribution < -0.4 is 5.32 Å². The van der Waals surface area contributed by atoms with Crippen molar-refractivity contribution in [1.29, 1.82) is 0 Å². The first-order valence-corrected chi connectivity index (χ1v) is 6.85. The number of likely N-dealkylation sites (N-methyl/N-ethyl adjacent to an activating group) is 1. The summed E-state index contributed by atoms with van der Waals surface area (Å²) in [5.74, 6) is 0.680. The van der Waals surface area contributed by atoms with Gasteiger partial charge in [-0.15, -0.1) is 24.8 Å². The maximum Gasteiger partial charge on any atom is 0.225 e. The molecule has 2 saturated heterocycles. The topological polar surface area (TPSA) is 35.6 Å². The first-order chi connectivity index (χ1) is 8.20. The number of amides is 1. The summed E-state index contributed by atoms with van der Waals surface area (Å²) < 4.78 is 0. The predicted octanol–water partition coefficient (Wildman–Crippen LogP) is 1.38. The van der Waals surface area contributed by atoms with Crippen molar-refractivity contribution in [3.8, 4) is 0 Å². The number of rotatable bonds is 2. The summed E-state index contributed by atoms with van der Waals surface area (Å²) in [5.41, 5.74) is 0. The molecule has 2 heterocycles. The van der Waals surface area contributed by atoms with Crippen molar-refractivity contribution >= 4 is 30.7 Å². The number of halogens is 2. The highest BCUT2D eigenvalue weighted by Gasteiger charge is 2.30. The number of hydrogen-bond donors (Lipinski definition) is 1. The van der Waals surface area contributed by atoms with Crippen molar-refractivity contribution in [3.63, 3.8) is 0 Å². The van der Waals surface area contributed by atoms with Crippen LogP contribution in [0.2, 0.25) is 0 Å². The summed E-state index contributed by atoms with van der Waals surface area (Å²) in [7, 11) is 4.13. The van der Waals surface area contributed by atoms with Crippen molar-refractivity contribution in [1.82, 2.24) is 15.1 Å². The van der Waals surface area contributed by atoms with E-state index in [1.54, 1.807) is 0 Å². The zero-order chi connectivity index (χ0) is 12.3. The van der Waals surface area contributed by atoms with Crippen LogP contribution in [0.3, 0.4) is 0 Å². The minimum atomic E-state index is 0. The standard InChI is InChI=1S/C13H25N3O.2ClH/c1-14-12-4-3-7-16(10-12)13(17)11-5-8-15(2)9-6-11;;/h11-12,14H,3-10H2,1-2H3;2*1H. The fourth-order valence-corrected chi connectivity index (χ4v) is 2.93. The molecule has 1 N–H and O–H groups in total. The SMILES string of the molecule is CNC1CCCN(C(=O)C2CCN(C)CC2)C1.Cl.Cl. The first-order valence-electron chi connectivity index (χ1n) is 6.85. The molecule has 0 saturated carbocycles. The highest BCUT2D eigenvalue weighted by Crippen LogP contribution is 2.21. The van der Waals surface area contributed by atoms with E-state index >= 15 is 0 Å². The minimum Gasteiger partial charge on any atom is -0.341 e.